The van der Waals surface area contributed by atoms with E-state index in [0.29, 0.717) is 23.6 Å². The van der Waals surface area contributed by atoms with E-state index < -0.39 is 0 Å². The minimum absolute atomic E-state index is 0.0449. The predicted octanol–water partition coefficient (Wildman–Crippen LogP) is 3.75. The van der Waals surface area contributed by atoms with Crippen LogP contribution in [0.3, 0.4) is 0 Å². The van der Waals surface area contributed by atoms with E-state index in [1.807, 2.05) is 6.92 Å². The van der Waals surface area contributed by atoms with Crippen LogP contribution in [0.5, 0.6) is 11.5 Å². The van der Waals surface area contributed by atoms with Crippen molar-refractivity contribution < 1.29 is 19.0 Å². The van der Waals surface area contributed by atoms with Gasteiger partial charge >= 0.3 is 0 Å². The molecular formula is C20H18FN3O3S. The molecule has 0 saturated heterocycles. The largest absolute Gasteiger partial charge is 0.504 e. The van der Waals surface area contributed by atoms with Crippen molar-refractivity contribution in [3.05, 3.63) is 64.9 Å². The maximum Gasteiger partial charge on any atom is 0.246 e. The third-order valence-electron chi connectivity index (χ3n) is 3.67. The number of halogens is 1. The van der Waals surface area contributed by atoms with Crippen molar-refractivity contribution >= 4 is 23.5 Å². The molecule has 6 nitrogen and oxygen atoms in total. The van der Waals surface area contributed by atoms with E-state index in [9.17, 15) is 14.3 Å². The topological polar surface area (TPSA) is 83.8 Å². The van der Waals surface area contributed by atoms with Gasteiger partial charge in [-0.3, -0.25) is 4.79 Å². The van der Waals surface area contributed by atoms with E-state index in [1.165, 1.54) is 35.8 Å². The monoisotopic (exact) mass is 399 g/mol. The number of nitrogens with zero attached hydrogens (tertiary/aromatic N) is 2. The molecule has 3 aromatic rings. The zero-order valence-electron chi connectivity index (χ0n) is 15.1. The van der Waals surface area contributed by atoms with Crippen molar-refractivity contribution in [3.63, 3.8) is 0 Å². The molecular weight excluding hydrogens is 381 g/mol. The number of hydrogen-bond donors (Lipinski definition) is 2. The van der Waals surface area contributed by atoms with E-state index in [-0.39, 0.29) is 23.9 Å². The molecule has 1 amide bonds. The molecule has 0 unspecified atom stereocenters. The fraction of sp³-hybridized carbons (Fsp3) is 0.150. The molecule has 0 radical (unpaired) electrons. The summed E-state index contributed by atoms with van der Waals surface area (Å²) < 4.78 is 18.3. The Kier molecular flexibility index (Phi) is 6.33. The summed E-state index contributed by atoms with van der Waals surface area (Å²) in [6.07, 6.45) is 1.54. The summed E-state index contributed by atoms with van der Waals surface area (Å²) in [7, 11) is 0. The quantitative estimate of drug-likeness (QED) is 0.468. The van der Waals surface area contributed by atoms with Gasteiger partial charge in [0.2, 0.25) is 5.91 Å². The van der Waals surface area contributed by atoms with E-state index in [2.05, 4.69) is 15.5 Å². The van der Waals surface area contributed by atoms with Gasteiger partial charge < -0.3 is 9.84 Å². The molecule has 1 heterocycles. The number of hydrogen-bond acceptors (Lipinski definition) is 6. The molecule has 144 valence electrons. The van der Waals surface area contributed by atoms with Crippen molar-refractivity contribution in [1.29, 1.82) is 0 Å². The number of phenolic OH excluding ortho intramolecular Hbond substituents is 1. The predicted molar refractivity (Wildman–Crippen MR) is 106 cm³/mol. The Hall–Kier alpha value is -3.26. The zero-order valence-corrected chi connectivity index (χ0v) is 15.9. The lowest BCUT2D eigenvalue weighted by Crippen LogP contribution is -2.19. The number of carbonyl (C=O) groups excluding carboxylic acids is 1. The Morgan fingerprint density at radius 3 is 2.86 bits per heavy atom. The van der Waals surface area contributed by atoms with Gasteiger partial charge in [-0.25, -0.2) is 14.8 Å². The lowest BCUT2D eigenvalue weighted by atomic mass is 10.2. The number of ether oxygens (including phenoxy) is 1. The zero-order chi connectivity index (χ0) is 19.9. The number of nitrogens with one attached hydrogen (secondary N) is 1. The Balaban J connectivity index is 1.57. The second-order valence-electron chi connectivity index (χ2n) is 5.78. The summed E-state index contributed by atoms with van der Waals surface area (Å²) in [6, 6.07) is 10.8. The fourth-order valence-corrected chi connectivity index (χ4v) is 3.20. The Morgan fingerprint density at radius 1 is 1.32 bits per heavy atom. The molecule has 3 rings (SSSR count). The van der Waals surface area contributed by atoms with Crippen LogP contribution in [0, 0.1) is 5.82 Å². The molecule has 2 aromatic carbocycles. The Labute approximate surface area is 165 Å². The number of aromatic hydroxyl groups is 1. The average Bonchev–Trinajstić information content (AvgIpc) is 3.13. The third-order valence-corrected chi connectivity index (χ3v) is 4.61. The number of thiazole rings is 1. The van der Waals surface area contributed by atoms with Crippen molar-refractivity contribution in [2.45, 2.75) is 13.3 Å². The van der Waals surface area contributed by atoms with E-state index >= 15 is 0 Å². The first kappa shape index (κ1) is 19.5. The van der Waals surface area contributed by atoms with Gasteiger partial charge in [-0.2, -0.15) is 5.10 Å². The van der Waals surface area contributed by atoms with Crippen LogP contribution in [0.4, 0.5) is 4.39 Å². The Morgan fingerprint density at radius 2 is 2.11 bits per heavy atom. The molecule has 2 N–H and O–H groups in total. The van der Waals surface area contributed by atoms with Crippen LogP contribution in [-0.4, -0.2) is 28.8 Å². The van der Waals surface area contributed by atoms with Crippen LogP contribution in [0.2, 0.25) is 0 Å². The average molecular weight is 399 g/mol. The van der Waals surface area contributed by atoms with Crippen LogP contribution in [0.1, 0.15) is 18.2 Å². The van der Waals surface area contributed by atoms with Crippen molar-refractivity contribution in [2.75, 3.05) is 6.61 Å². The molecule has 8 heteroatoms. The summed E-state index contributed by atoms with van der Waals surface area (Å²) in [5.74, 6) is -0.215. The summed E-state index contributed by atoms with van der Waals surface area (Å²) in [5, 5.41) is 16.1. The number of amides is 1. The number of rotatable bonds is 7. The first-order valence-electron chi connectivity index (χ1n) is 8.53. The van der Waals surface area contributed by atoms with Gasteiger partial charge in [-0.15, -0.1) is 11.3 Å². The number of carbonyl (C=O) groups is 1. The summed E-state index contributed by atoms with van der Waals surface area (Å²) in [6.45, 7) is 2.25. The van der Waals surface area contributed by atoms with Crippen molar-refractivity contribution in [3.8, 4) is 22.1 Å². The Bertz CT molecular complexity index is 987. The maximum absolute atomic E-state index is 13.0. The minimum atomic E-state index is -0.309. The smallest absolute Gasteiger partial charge is 0.246 e. The van der Waals surface area contributed by atoms with Gasteiger partial charge in [0.1, 0.15) is 10.8 Å². The summed E-state index contributed by atoms with van der Waals surface area (Å²) in [5.41, 5.74) is 4.53. The molecule has 0 atom stereocenters. The second kappa shape index (κ2) is 9.09. The van der Waals surface area contributed by atoms with Crippen molar-refractivity contribution in [2.24, 2.45) is 5.10 Å². The van der Waals surface area contributed by atoms with Crippen LogP contribution < -0.4 is 10.2 Å². The maximum atomic E-state index is 13.0. The lowest BCUT2D eigenvalue weighted by molar-refractivity contribution is -0.120. The normalized spacial score (nSPS) is 10.9. The van der Waals surface area contributed by atoms with Crippen LogP contribution in [0.25, 0.3) is 10.6 Å². The van der Waals surface area contributed by atoms with Crippen molar-refractivity contribution in [1.82, 2.24) is 10.4 Å². The molecule has 1 aromatic heterocycles. The standard InChI is InChI=1S/C20H18FN3O3S/c1-2-27-18-9-13(3-8-17(18)25)11-22-24-19(26)10-16-12-28-20(23-16)14-4-6-15(21)7-5-14/h3-9,11-12,25H,2,10H2,1H3,(H,24,26)/b22-11+. The van der Waals surface area contributed by atoms with E-state index in [1.54, 1.807) is 29.6 Å². The molecule has 0 bridgehead atoms. The van der Waals surface area contributed by atoms with Gasteiger partial charge in [-0.05, 0) is 55.0 Å². The lowest BCUT2D eigenvalue weighted by Gasteiger charge is -2.05. The number of aromatic nitrogens is 1. The van der Waals surface area contributed by atoms with E-state index in [4.69, 9.17) is 4.74 Å². The molecule has 0 aliphatic heterocycles. The first-order chi connectivity index (χ1) is 13.5. The SMILES string of the molecule is CCOc1cc(/C=N/NC(=O)Cc2csc(-c3ccc(F)cc3)n2)ccc1O. The highest BCUT2D eigenvalue weighted by atomic mass is 32.1. The molecule has 0 spiro atoms. The molecule has 0 saturated carbocycles. The van der Waals surface area contributed by atoms with E-state index in [0.717, 1.165) is 10.6 Å². The molecule has 0 aliphatic carbocycles. The highest BCUT2D eigenvalue weighted by Crippen LogP contribution is 2.26. The number of benzene rings is 2. The van der Waals surface area contributed by atoms with Gasteiger partial charge in [0.25, 0.3) is 0 Å². The molecule has 28 heavy (non-hydrogen) atoms. The number of hydrazone groups is 1. The number of phenols is 1. The highest BCUT2D eigenvalue weighted by molar-refractivity contribution is 7.13. The van der Waals surface area contributed by atoms with Gasteiger partial charge in [0.05, 0.1) is 24.9 Å². The third kappa shape index (κ3) is 5.14. The molecule has 0 aliphatic rings. The highest BCUT2D eigenvalue weighted by Gasteiger charge is 2.09. The van der Waals surface area contributed by atoms with Gasteiger partial charge in [0.15, 0.2) is 11.5 Å². The fourth-order valence-electron chi connectivity index (χ4n) is 2.38. The van der Waals surface area contributed by atoms with Gasteiger partial charge in [0, 0.05) is 10.9 Å². The summed E-state index contributed by atoms with van der Waals surface area (Å²) in [4.78, 5) is 16.4. The second-order valence-corrected chi connectivity index (χ2v) is 6.64. The van der Waals surface area contributed by atoms with Crippen LogP contribution in [-0.2, 0) is 11.2 Å². The van der Waals surface area contributed by atoms with Crippen LogP contribution >= 0.6 is 11.3 Å². The van der Waals surface area contributed by atoms with Gasteiger partial charge in [-0.1, -0.05) is 0 Å². The summed E-state index contributed by atoms with van der Waals surface area (Å²) >= 11 is 1.39. The first-order valence-corrected chi connectivity index (χ1v) is 9.41. The van der Waals surface area contributed by atoms with Crippen LogP contribution in [0.15, 0.2) is 52.9 Å². The molecule has 0 fully saturated rings. The minimum Gasteiger partial charge on any atom is -0.504 e.